The summed E-state index contributed by atoms with van der Waals surface area (Å²) < 4.78 is 0. The van der Waals surface area contributed by atoms with Gasteiger partial charge < -0.3 is 7.96 Å². The average molecular weight is 185 g/mol. The number of aliphatic hydroxyl groups excluding tert-OH is 1. The summed E-state index contributed by atoms with van der Waals surface area (Å²) in [7, 11) is 0. The summed E-state index contributed by atoms with van der Waals surface area (Å²) in [6.45, 7) is 1.93. The molecule has 0 fully saturated rings. The van der Waals surface area contributed by atoms with Crippen LogP contribution in [0.5, 0.6) is 0 Å². The zero-order valence-electron chi connectivity index (χ0n) is 4.86. The van der Waals surface area contributed by atoms with Crippen molar-refractivity contribution in [3.63, 3.8) is 0 Å². The van der Waals surface area contributed by atoms with Gasteiger partial charge in [-0.05, 0) is 6.92 Å². The Labute approximate surface area is 69.4 Å². The van der Waals surface area contributed by atoms with Gasteiger partial charge in [-0.15, -0.1) is 0 Å². The first kappa shape index (κ1) is 9.11. The van der Waals surface area contributed by atoms with Crippen LogP contribution >= 0.6 is 0 Å². The molecule has 0 aromatic rings. The maximum absolute atomic E-state index is 7.57. The second-order valence-electron chi connectivity index (χ2n) is 0.316. The summed E-state index contributed by atoms with van der Waals surface area (Å²) in [5.74, 6) is 0. The Kier molecular flexibility index (Phi) is 20.1. The molecule has 1 nitrogen and oxygen atoms in total. The number of hydrogen-bond donors (Lipinski definition) is 1. The van der Waals surface area contributed by atoms with Crippen molar-refractivity contribution in [2.75, 3.05) is 6.61 Å². The molecule has 24 valence electrons. The van der Waals surface area contributed by atoms with Gasteiger partial charge in [0.25, 0.3) is 0 Å². The maximum atomic E-state index is 7.57. The van der Waals surface area contributed by atoms with Crippen molar-refractivity contribution in [1.82, 2.24) is 0 Å². The van der Waals surface area contributed by atoms with Gasteiger partial charge >= 0.3 is 48.9 Å². The van der Waals surface area contributed by atoms with E-state index < -0.39 is 0 Å². The predicted molar refractivity (Wildman–Crippen MR) is 20.7 cm³/mol. The molecule has 2 heteroatoms. The summed E-state index contributed by atoms with van der Waals surface area (Å²) in [4.78, 5) is 0. The van der Waals surface area contributed by atoms with E-state index in [0.29, 0.717) is 0 Å². The topological polar surface area (TPSA) is 20.2 Å². The first-order valence-electron chi connectivity index (χ1n) is 1.02. The van der Waals surface area contributed by atoms with Gasteiger partial charge in [-0.1, -0.05) is 0 Å². The van der Waals surface area contributed by atoms with Crippen molar-refractivity contribution in [1.29, 1.82) is 0 Å². The fourth-order valence-electron chi connectivity index (χ4n) is 0. The third kappa shape index (κ3) is 9.65. The van der Waals surface area contributed by atoms with Crippen LogP contribution < -0.4 is 0 Å². The Morgan fingerprint density at radius 3 is 2.00 bits per heavy atom. The van der Waals surface area contributed by atoms with Gasteiger partial charge in [-0.25, -0.2) is 0 Å². The van der Waals surface area contributed by atoms with Gasteiger partial charge in [0.15, 0.2) is 0 Å². The van der Waals surface area contributed by atoms with Gasteiger partial charge in [-0.2, -0.15) is 0 Å². The smallest absolute Gasteiger partial charge is 1.00 e. The van der Waals surface area contributed by atoms with E-state index in [0.717, 1.165) is 0 Å². The Morgan fingerprint density at radius 1 is 2.00 bits per heavy atom. The molecule has 1 N–H and O–H groups in total. The molecule has 0 radical (unpaired) electrons. The fraction of sp³-hybridized carbons (Fsp3) is 1.00. The van der Waals surface area contributed by atoms with Crippen molar-refractivity contribution in [2.45, 2.75) is 6.92 Å². The van der Waals surface area contributed by atoms with Gasteiger partial charge in [0.2, 0.25) is 0 Å². The molecule has 0 aromatic carbocycles. The van der Waals surface area contributed by atoms with Crippen molar-refractivity contribution < 1.29 is 7.96 Å². The minimum atomic E-state index is 0. The van der Waals surface area contributed by atoms with E-state index in [-0.39, 0.29) is 58.3 Å². The van der Waals surface area contributed by atoms with Crippen molar-refractivity contribution in [2.24, 2.45) is 0 Å². The van der Waals surface area contributed by atoms with E-state index in [1.165, 1.54) is 0 Å². The maximum Gasteiger partial charge on any atom is 2.00 e. The van der Waals surface area contributed by atoms with Crippen LogP contribution in [0.1, 0.15) is 9.78 Å². The Balaban J connectivity index is -0.00000000667. The molecule has 0 bridgehead atoms. The zero-order valence-corrected chi connectivity index (χ0v) is 7.30. The van der Waals surface area contributed by atoms with Crippen molar-refractivity contribution >= 4 is 48.9 Å². The molecule has 0 saturated carbocycles. The van der Waals surface area contributed by atoms with Gasteiger partial charge in [-0.3, -0.25) is 0 Å². The van der Waals surface area contributed by atoms with Crippen LogP contribution in [-0.4, -0.2) is 60.6 Å². The molecule has 0 rings (SSSR count). The molecular formula is C2H8BaO. The Morgan fingerprint density at radius 2 is 2.00 bits per heavy atom. The predicted octanol–water partition coefficient (Wildman–Crippen LogP) is -0.157. The molecule has 0 aliphatic heterocycles. The number of hydrogen-bond acceptors (Lipinski definition) is 1. The molecule has 0 amide bonds. The molecule has 0 aliphatic rings. The molecule has 0 spiro atoms. The van der Waals surface area contributed by atoms with Crippen LogP contribution in [0.15, 0.2) is 0 Å². The largest absolute Gasteiger partial charge is 2.00 e. The van der Waals surface area contributed by atoms with Crippen LogP contribution in [0.25, 0.3) is 0 Å². The minimum Gasteiger partial charge on any atom is -1.00 e. The third-order valence-electron chi connectivity index (χ3n) is 0. The quantitative estimate of drug-likeness (QED) is 0.520. The first-order valence-corrected chi connectivity index (χ1v) is 1.02. The van der Waals surface area contributed by atoms with E-state index in [9.17, 15) is 0 Å². The molecule has 0 aromatic heterocycles. The van der Waals surface area contributed by atoms with Gasteiger partial charge in [0.05, 0.1) is 0 Å². The molecule has 4 heavy (non-hydrogen) atoms. The molecule has 0 atom stereocenters. The first-order chi connectivity index (χ1) is 1.41. The summed E-state index contributed by atoms with van der Waals surface area (Å²) in [6.07, 6.45) is 0. The third-order valence-corrected chi connectivity index (χ3v) is 0. The van der Waals surface area contributed by atoms with E-state index in [1.807, 2.05) is 0 Å². The molecule has 0 saturated heterocycles. The summed E-state index contributed by atoms with van der Waals surface area (Å²) in [5.41, 5.74) is 0. The van der Waals surface area contributed by atoms with Crippen LogP contribution in [-0.2, 0) is 0 Å². The summed E-state index contributed by atoms with van der Waals surface area (Å²) in [5, 5.41) is 7.57. The minimum absolute atomic E-state index is 0. The van der Waals surface area contributed by atoms with Crippen LogP contribution in [0.4, 0.5) is 0 Å². The Bertz CT molecular complexity index is 11.5. The number of aliphatic hydroxyl groups is 1. The summed E-state index contributed by atoms with van der Waals surface area (Å²) >= 11 is 0. The van der Waals surface area contributed by atoms with E-state index in [4.69, 9.17) is 5.11 Å². The average Bonchev–Trinajstić information content (AvgIpc) is 0.918. The monoisotopic (exact) mass is 186 g/mol. The molecule has 0 heterocycles. The fourth-order valence-corrected chi connectivity index (χ4v) is 0. The van der Waals surface area contributed by atoms with E-state index in [2.05, 4.69) is 0 Å². The normalized spacial score (nSPS) is 4.50. The molecular weight excluding hydrogens is 177 g/mol. The van der Waals surface area contributed by atoms with Crippen molar-refractivity contribution in [3.8, 4) is 0 Å². The van der Waals surface area contributed by atoms with Crippen LogP contribution in [0.2, 0.25) is 0 Å². The van der Waals surface area contributed by atoms with Gasteiger partial charge in [0, 0.05) is 6.61 Å². The van der Waals surface area contributed by atoms with Gasteiger partial charge in [0.1, 0.15) is 0 Å². The van der Waals surface area contributed by atoms with E-state index in [1.54, 1.807) is 6.92 Å². The van der Waals surface area contributed by atoms with Crippen molar-refractivity contribution in [3.05, 3.63) is 0 Å². The zero-order chi connectivity index (χ0) is 2.71. The van der Waals surface area contributed by atoms with Crippen LogP contribution in [0.3, 0.4) is 0 Å². The number of rotatable bonds is 0. The summed E-state index contributed by atoms with van der Waals surface area (Å²) in [6, 6.07) is 0. The molecule has 0 unspecified atom stereocenters. The van der Waals surface area contributed by atoms with E-state index >= 15 is 0 Å². The Hall–Kier alpha value is 1.53. The standard InChI is InChI=1S/C2H6O.Ba.2H/c1-2-3;;;/h3H,2H2,1H3;;;/q;+2;2*-1. The second-order valence-corrected chi connectivity index (χ2v) is 0.316. The second kappa shape index (κ2) is 8.82. The SMILES string of the molecule is CCO.[Ba+2].[H-].[H-]. The van der Waals surface area contributed by atoms with Crippen LogP contribution in [0, 0.1) is 0 Å². The molecule has 0 aliphatic carbocycles.